The Kier molecular flexibility index (Phi) is 6.58. The lowest BCUT2D eigenvalue weighted by Crippen LogP contribution is -2.57. The Bertz CT molecular complexity index is 1080. The number of carbonyl (C=O) groups excluding carboxylic acids is 2. The number of amides is 1. The SMILES string of the molecule is COC(=O)c1ccc(CN(CC2CC2)C(=O)C2(Oc3ccccc3F)C=CC=CC2F)cc1. The molecule has 1 amide bonds. The van der Waals surface area contributed by atoms with Gasteiger partial charge in [-0.05, 0) is 60.7 Å². The summed E-state index contributed by atoms with van der Waals surface area (Å²) in [6.07, 6.45) is 5.80. The summed E-state index contributed by atoms with van der Waals surface area (Å²) in [6, 6.07) is 12.3. The Morgan fingerprint density at radius 1 is 1.09 bits per heavy atom. The number of allylic oxidation sites excluding steroid dienone is 2. The van der Waals surface area contributed by atoms with Gasteiger partial charge >= 0.3 is 5.97 Å². The normalized spacial score (nSPS) is 21.5. The van der Waals surface area contributed by atoms with Crippen LogP contribution in [-0.4, -0.2) is 42.2 Å². The van der Waals surface area contributed by atoms with Crippen LogP contribution in [-0.2, 0) is 16.1 Å². The van der Waals surface area contributed by atoms with E-state index in [1.807, 2.05) is 0 Å². The van der Waals surface area contributed by atoms with Crippen molar-refractivity contribution in [2.24, 2.45) is 5.92 Å². The minimum absolute atomic E-state index is 0.192. The van der Waals surface area contributed by atoms with Gasteiger partial charge in [0.05, 0.1) is 12.7 Å². The molecule has 0 bridgehead atoms. The van der Waals surface area contributed by atoms with Gasteiger partial charge in [-0.2, -0.15) is 0 Å². The van der Waals surface area contributed by atoms with Crippen LogP contribution in [0.4, 0.5) is 8.78 Å². The molecule has 2 aliphatic rings. The first-order valence-corrected chi connectivity index (χ1v) is 10.8. The summed E-state index contributed by atoms with van der Waals surface area (Å²) in [5.74, 6) is -1.57. The topological polar surface area (TPSA) is 55.8 Å². The van der Waals surface area contributed by atoms with Crippen molar-refractivity contribution in [2.45, 2.75) is 31.2 Å². The standard InChI is InChI=1S/C26H25F2NO4/c1-32-24(30)20-13-11-19(12-14-20)17-29(16-18-9-10-18)25(31)26(15-5-4-8-23(26)28)33-22-7-3-2-6-21(22)27/h2-8,11-15,18,23H,9-10,16-17H2,1H3. The van der Waals surface area contributed by atoms with Crippen molar-refractivity contribution in [1.29, 1.82) is 0 Å². The summed E-state index contributed by atoms with van der Waals surface area (Å²) in [4.78, 5) is 27.1. The van der Waals surface area contributed by atoms with Gasteiger partial charge in [0.15, 0.2) is 17.7 Å². The smallest absolute Gasteiger partial charge is 0.337 e. The molecule has 2 unspecified atom stereocenters. The highest BCUT2D eigenvalue weighted by Crippen LogP contribution is 2.35. The Hall–Kier alpha value is -3.48. The van der Waals surface area contributed by atoms with Crippen molar-refractivity contribution in [2.75, 3.05) is 13.7 Å². The third-order valence-electron chi connectivity index (χ3n) is 5.81. The van der Waals surface area contributed by atoms with E-state index < -0.39 is 29.5 Å². The number of hydrogen-bond acceptors (Lipinski definition) is 4. The van der Waals surface area contributed by atoms with Crippen LogP contribution in [0, 0.1) is 11.7 Å². The van der Waals surface area contributed by atoms with Gasteiger partial charge in [-0.25, -0.2) is 13.6 Å². The number of benzene rings is 2. The number of hydrogen-bond donors (Lipinski definition) is 0. The second-order valence-electron chi connectivity index (χ2n) is 8.29. The fourth-order valence-corrected chi connectivity index (χ4v) is 3.79. The first-order chi connectivity index (χ1) is 15.9. The molecule has 2 aromatic rings. The van der Waals surface area contributed by atoms with Crippen LogP contribution in [0.15, 0.2) is 72.8 Å². The fourth-order valence-electron chi connectivity index (χ4n) is 3.79. The summed E-state index contributed by atoms with van der Waals surface area (Å²) >= 11 is 0. The minimum Gasteiger partial charge on any atom is -0.467 e. The largest absolute Gasteiger partial charge is 0.467 e. The molecule has 2 atom stereocenters. The fraction of sp³-hybridized carbons (Fsp3) is 0.308. The van der Waals surface area contributed by atoms with Crippen molar-refractivity contribution in [3.8, 4) is 5.75 Å². The summed E-state index contributed by atoms with van der Waals surface area (Å²) in [5, 5.41) is 0. The highest BCUT2D eigenvalue weighted by atomic mass is 19.1. The first-order valence-electron chi connectivity index (χ1n) is 10.8. The highest BCUT2D eigenvalue weighted by molar-refractivity contribution is 5.90. The van der Waals surface area contributed by atoms with E-state index >= 15 is 4.39 Å². The molecule has 0 aromatic heterocycles. The van der Waals surface area contributed by atoms with Crippen LogP contribution in [0.25, 0.3) is 0 Å². The van der Waals surface area contributed by atoms with Gasteiger partial charge in [0.2, 0.25) is 5.60 Å². The zero-order valence-electron chi connectivity index (χ0n) is 18.2. The molecule has 7 heteroatoms. The van der Waals surface area contributed by atoms with Crippen molar-refractivity contribution in [3.05, 3.63) is 89.8 Å². The number of carbonyl (C=O) groups is 2. The maximum absolute atomic E-state index is 15.3. The molecule has 2 aliphatic carbocycles. The van der Waals surface area contributed by atoms with E-state index in [1.54, 1.807) is 35.2 Å². The predicted molar refractivity (Wildman–Crippen MR) is 119 cm³/mol. The van der Waals surface area contributed by atoms with Crippen LogP contribution in [0.2, 0.25) is 0 Å². The van der Waals surface area contributed by atoms with Crippen molar-refractivity contribution in [3.63, 3.8) is 0 Å². The summed E-state index contributed by atoms with van der Waals surface area (Å²) in [5.41, 5.74) is -0.856. The number of nitrogens with zero attached hydrogens (tertiary/aromatic N) is 1. The van der Waals surface area contributed by atoms with Crippen LogP contribution in [0.5, 0.6) is 5.75 Å². The number of esters is 1. The third kappa shape index (κ3) is 4.97. The van der Waals surface area contributed by atoms with Crippen LogP contribution < -0.4 is 4.74 Å². The molecule has 1 saturated carbocycles. The van der Waals surface area contributed by atoms with E-state index in [9.17, 15) is 14.0 Å². The summed E-state index contributed by atoms with van der Waals surface area (Å²) in [7, 11) is 1.31. The number of rotatable bonds is 8. The maximum Gasteiger partial charge on any atom is 0.337 e. The molecule has 5 nitrogen and oxygen atoms in total. The van der Waals surface area contributed by atoms with E-state index in [1.165, 1.54) is 49.6 Å². The Morgan fingerprint density at radius 2 is 1.82 bits per heavy atom. The zero-order valence-corrected chi connectivity index (χ0v) is 18.2. The van der Waals surface area contributed by atoms with Crippen molar-refractivity contribution in [1.82, 2.24) is 4.90 Å². The van der Waals surface area contributed by atoms with E-state index in [2.05, 4.69) is 0 Å². The Balaban J connectivity index is 1.64. The van der Waals surface area contributed by atoms with Crippen LogP contribution in [0.3, 0.4) is 0 Å². The molecule has 172 valence electrons. The predicted octanol–water partition coefficient (Wildman–Crippen LogP) is 4.63. The van der Waals surface area contributed by atoms with E-state index in [0.29, 0.717) is 18.0 Å². The maximum atomic E-state index is 15.3. The molecule has 2 aromatic carbocycles. The molecule has 33 heavy (non-hydrogen) atoms. The summed E-state index contributed by atoms with van der Waals surface area (Å²) in [6.45, 7) is 0.633. The van der Waals surface area contributed by atoms with Crippen LogP contribution in [0.1, 0.15) is 28.8 Å². The average molecular weight is 453 g/mol. The quantitative estimate of drug-likeness (QED) is 0.547. The molecule has 4 rings (SSSR count). The molecule has 0 radical (unpaired) electrons. The second-order valence-corrected chi connectivity index (χ2v) is 8.29. The van der Waals surface area contributed by atoms with Gasteiger partial charge in [-0.15, -0.1) is 0 Å². The molecule has 0 spiro atoms. The molecule has 0 aliphatic heterocycles. The number of halogens is 2. The van der Waals surface area contributed by atoms with Crippen molar-refractivity contribution >= 4 is 11.9 Å². The van der Waals surface area contributed by atoms with Gasteiger partial charge < -0.3 is 14.4 Å². The number of para-hydroxylation sites is 1. The van der Waals surface area contributed by atoms with Crippen molar-refractivity contribution < 1.29 is 27.8 Å². The van der Waals surface area contributed by atoms with Gasteiger partial charge in [0.25, 0.3) is 5.91 Å². The lowest BCUT2D eigenvalue weighted by atomic mass is 9.90. The van der Waals surface area contributed by atoms with Gasteiger partial charge in [0, 0.05) is 13.1 Å². The first kappa shape index (κ1) is 22.7. The van der Waals surface area contributed by atoms with Gasteiger partial charge in [-0.1, -0.05) is 36.4 Å². The third-order valence-corrected chi connectivity index (χ3v) is 5.81. The Morgan fingerprint density at radius 3 is 2.45 bits per heavy atom. The lowest BCUT2D eigenvalue weighted by Gasteiger charge is -2.38. The number of ether oxygens (including phenoxy) is 2. The Labute approximate surface area is 191 Å². The van der Waals surface area contributed by atoms with Gasteiger partial charge in [-0.3, -0.25) is 4.79 Å². The van der Waals surface area contributed by atoms with Gasteiger partial charge in [0.1, 0.15) is 0 Å². The molecule has 0 saturated heterocycles. The molecule has 0 heterocycles. The number of methoxy groups -OCH3 is 1. The minimum atomic E-state index is -2.02. The molecular weight excluding hydrogens is 428 g/mol. The zero-order chi connectivity index (χ0) is 23.4. The molecular formula is C26H25F2NO4. The van der Waals surface area contributed by atoms with E-state index in [0.717, 1.165) is 18.4 Å². The van der Waals surface area contributed by atoms with Crippen LogP contribution >= 0.6 is 0 Å². The molecule has 1 fully saturated rings. The van der Waals surface area contributed by atoms with E-state index in [4.69, 9.17) is 9.47 Å². The molecule has 0 N–H and O–H groups in total. The monoisotopic (exact) mass is 453 g/mol. The highest BCUT2D eigenvalue weighted by Gasteiger charge is 2.50. The lowest BCUT2D eigenvalue weighted by molar-refractivity contribution is -0.149. The second kappa shape index (κ2) is 9.57. The average Bonchev–Trinajstić information content (AvgIpc) is 3.65. The summed E-state index contributed by atoms with van der Waals surface area (Å²) < 4.78 is 40.2. The number of alkyl halides is 1. The van der Waals surface area contributed by atoms with E-state index in [-0.39, 0.29) is 12.3 Å².